The molecule has 1 aliphatic rings. The Labute approximate surface area is 151 Å². The summed E-state index contributed by atoms with van der Waals surface area (Å²) in [6, 6.07) is 7.87. The van der Waals surface area contributed by atoms with Crippen molar-refractivity contribution in [1.29, 1.82) is 0 Å². The summed E-state index contributed by atoms with van der Waals surface area (Å²) in [4.78, 5) is 27.3. The number of piperidine rings is 1. The van der Waals surface area contributed by atoms with E-state index in [0.717, 1.165) is 13.1 Å². The average Bonchev–Trinajstić information content (AvgIpc) is 2.54. The second-order valence-corrected chi connectivity index (χ2v) is 8.38. The number of nitrogens with one attached hydrogen (secondary N) is 2. The Bertz CT molecular complexity index is 609. The lowest BCUT2D eigenvalue weighted by molar-refractivity contribution is -0.139. The number of benzene rings is 1. The van der Waals surface area contributed by atoms with E-state index < -0.39 is 5.41 Å². The molecular formula is C20H31N3O2. The maximum absolute atomic E-state index is 12.6. The highest BCUT2D eigenvalue weighted by Gasteiger charge is 2.37. The van der Waals surface area contributed by atoms with E-state index in [1.165, 1.54) is 24.9 Å². The largest absolute Gasteiger partial charge is 0.372 e. The number of carbonyl (C=O) groups excluding carboxylic acids is 2. The molecule has 0 spiro atoms. The van der Waals surface area contributed by atoms with Crippen LogP contribution < -0.4 is 15.5 Å². The molecule has 138 valence electrons. The average molecular weight is 345 g/mol. The summed E-state index contributed by atoms with van der Waals surface area (Å²) in [5.74, 6) is -0.581. The summed E-state index contributed by atoms with van der Waals surface area (Å²) in [6.07, 6.45) is 3.77. The van der Waals surface area contributed by atoms with Crippen molar-refractivity contribution < 1.29 is 9.59 Å². The van der Waals surface area contributed by atoms with E-state index in [2.05, 4.69) is 15.5 Å². The fourth-order valence-electron chi connectivity index (χ4n) is 2.79. The lowest BCUT2D eigenvalue weighted by Crippen LogP contribution is -2.51. The lowest BCUT2D eigenvalue weighted by Gasteiger charge is -2.29. The van der Waals surface area contributed by atoms with Crippen LogP contribution in [0.3, 0.4) is 0 Å². The molecule has 1 aromatic carbocycles. The Morgan fingerprint density at radius 1 is 0.880 bits per heavy atom. The summed E-state index contributed by atoms with van der Waals surface area (Å²) in [5.41, 5.74) is 0.383. The Balaban J connectivity index is 2.00. The molecule has 25 heavy (non-hydrogen) atoms. The topological polar surface area (TPSA) is 61.4 Å². The normalized spacial score (nSPS) is 15.6. The fraction of sp³-hybridized carbons (Fsp3) is 0.600. The summed E-state index contributed by atoms with van der Waals surface area (Å²) < 4.78 is 0. The van der Waals surface area contributed by atoms with E-state index in [1.54, 1.807) is 13.8 Å². The van der Waals surface area contributed by atoms with Crippen LogP contribution in [0.1, 0.15) is 53.9 Å². The first-order valence-electron chi connectivity index (χ1n) is 9.09. The SMILES string of the molecule is CC(C)(C)NC(=O)C(C)(C)C(=O)Nc1ccc(N2CCCCC2)cc1. The summed E-state index contributed by atoms with van der Waals surface area (Å²) in [5, 5.41) is 5.73. The van der Waals surface area contributed by atoms with Gasteiger partial charge in [-0.2, -0.15) is 0 Å². The van der Waals surface area contributed by atoms with Crippen molar-refractivity contribution >= 4 is 23.2 Å². The maximum Gasteiger partial charge on any atom is 0.239 e. The second-order valence-electron chi connectivity index (χ2n) is 8.38. The van der Waals surface area contributed by atoms with Gasteiger partial charge in [0.05, 0.1) is 0 Å². The third kappa shape index (κ3) is 5.21. The van der Waals surface area contributed by atoms with E-state index in [1.807, 2.05) is 45.0 Å². The van der Waals surface area contributed by atoms with Crippen molar-refractivity contribution in [3.05, 3.63) is 24.3 Å². The standard InChI is InChI=1S/C20H31N3O2/c1-19(2,3)22-18(25)20(4,5)17(24)21-15-9-11-16(12-10-15)23-13-7-6-8-14-23/h9-12H,6-8,13-14H2,1-5H3,(H,21,24)(H,22,25). The highest BCUT2D eigenvalue weighted by atomic mass is 16.2. The molecular weight excluding hydrogens is 314 g/mol. The van der Waals surface area contributed by atoms with Gasteiger partial charge in [-0.25, -0.2) is 0 Å². The smallest absolute Gasteiger partial charge is 0.239 e. The third-order valence-electron chi connectivity index (χ3n) is 4.47. The van der Waals surface area contributed by atoms with Crippen molar-refractivity contribution in [3.63, 3.8) is 0 Å². The van der Waals surface area contributed by atoms with Gasteiger partial charge in [-0.15, -0.1) is 0 Å². The quantitative estimate of drug-likeness (QED) is 0.820. The number of anilines is 2. The molecule has 0 aliphatic carbocycles. The molecule has 0 aromatic heterocycles. The zero-order valence-corrected chi connectivity index (χ0v) is 16.1. The van der Waals surface area contributed by atoms with Gasteiger partial charge in [0.1, 0.15) is 5.41 Å². The van der Waals surface area contributed by atoms with Crippen LogP contribution in [0.2, 0.25) is 0 Å². The molecule has 2 amide bonds. The Kier molecular flexibility index (Phi) is 5.76. The van der Waals surface area contributed by atoms with Gasteiger partial charge in [0.15, 0.2) is 0 Å². The zero-order valence-electron chi connectivity index (χ0n) is 16.1. The molecule has 0 saturated carbocycles. The highest BCUT2D eigenvalue weighted by Crippen LogP contribution is 2.24. The predicted octanol–water partition coefficient (Wildman–Crippen LogP) is 3.56. The first-order valence-corrected chi connectivity index (χ1v) is 9.09. The first kappa shape index (κ1) is 19.3. The van der Waals surface area contributed by atoms with Crippen LogP contribution >= 0.6 is 0 Å². The van der Waals surface area contributed by atoms with Gasteiger partial charge in [-0.1, -0.05) is 0 Å². The molecule has 2 rings (SSSR count). The van der Waals surface area contributed by atoms with E-state index in [0.29, 0.717) is 5.69 Å². The molecule has 5 nitrogen and oxygen atoms in total. The molecule has 2 N–H and O–H groups in total. The Morgan fingerprint density at radius 2 is 1.44 bits per heavy atom. The van der Waals surface area contributed by atoms with Crippen LogP contribution in [0, 0.1) is 5.41 Å². The van der Waals surface area contributed by atoms with Crippen molar-refractivity contribution in [2.45, 2.75) is 59.4 Å². The molecule has 0 unspecified atom stereocenters. The molecule has 0 atom stereocenters. The zero-order chi connectivity index (χ0) is 18.7. The number of rotatable bonds is 4. The van der Waals surface area contributed by atoms with Gasteiger partial charge in [-0.3, -0.25) is 9.59 Å². The number of carbonyl (C=O) groups is 2. The van der Waals surface area contributed by atoms with Crippen molar-refractivity contribution in [3.8, 4) is 0 Å². The minimum absolute atomic E-state index is 0.276. The molecule has 1 aromatic rings. The number of hydrogen-bond acceptors (Lipinski definition) is 3. The minimum atomic E-state index is -1.14. The van der Waals surface area contributed by atoms with E-state index in [4.69, 9.17) is 0 Å². The molecule has 0 bridgehead atoms. The number of hydrogen-bond donors (Lipinski definition) is 2. The Morgan fingerprint density at radius 3 is 1.96 bits per heavy atom. The summed E-state index contributed by atoms with van der Waals surface area (Å²) in [6.45, 7) is 11.2. The van der Waals surface area contributed by atoms with Crippen molar-refractivity contribution in [2.75, 3.05) is 23.3 Å². The summed E-state index contributed by atoms with van der Waals surface area (Å²) in [7, 11) is 0. The first-order chi connectivity index (χ1) is 11.6. The van der Waals surface area contributed by atoms with Crippen LogP contribution in [0.4, 0.5) is 11.4 Å². The van der Waals surface area contributed by atoms with Gasteiger partial charge in [0.2, 0.25) is 11.8 Å². The molecule has 1 heterocycles. The van der Waals surface area contributed by atoms with Gasteiger partial charge in [0, 0.05) is 30.0 Å². The monoisotopic (exact) mass is 345 g/mol. The summed E-state index contributed by atoms with van der Waals surface area (Å²) >= 11 is 0. The minimum Gasteiger partial charge on any atom is -0.372 e. The molecule has 1 aliphatic heterocycles. The van der Waals surface area contributed by atoms with Crippen LogP contribution in [-0.4, -0.2) is 30.4 Å². The van der Waals surface area contributed by atoms with Crippen LogP contribution in [-0.2, 0) is 9.59 Å². The third-order valence-corrected chi connectivity index (χ3v) is 4.47. The van der Waals surface area contributed by atoms with Gasteiger partial charge < -0.3 is 15.5 Å². The highest BCUT2D eigenvalue weighted by molar-refractivity contribution is 6.10. The van der Waals surface area contributed by atoms with Crippen molar-refractivity contribution in [1.82, 2.24) is 5.32 Å². The molecule has 1 saturated heterocycles. The van der Waals surface area contributed by atoms with E-state index >= 15 is 0 Å². The maximum atomic E-state index is 12.6. The molecule has 0 radical (unpaired) electrons. The van der Waals surface area contributed by atoms with Gasteiger partial charge >= 0.3 is 0 Å². The van der Waals surface area contributed by atoms with Crippen LogP contribution in [0.5, 0.6) is 0 Å². The number of nitrogens with zero attached hydrogens (tertiary/aromatic N) is 1. The van der Waals surface area contributed by atoms with E-state index in [9.17, 15) is 9.59 Å². The molecule has 5 heteroatoms. The lowest BCUT2D eigenvalue weighted by atomic mass is 9.89. The van der Waals surface area contributed by atoms with Gasteiger partial charge in [-0.05, 0) is 78.1 Å². The molecule has 1 fully saturated rings. The van der Waals surface area contributed by atoms with Gasteiger partial charge in [0.25, 0.3) is 0 Å². The predicted molar refractivity (Wildman–Crippen MR) is 103 cm³/mol. The second kappa shape index (κ2) is 7.46. The van der Waals surface area contributed by atoms with E-state index in [-0.39, 0.29) is 17.4 Å². The van der Waals surface area contributed by atoms with Crippen molar-refractivity contribution in [2.24, 2.45) is 5.41 Å². The van der Waals surface area contributed by atoms with Crippen LogP contribution in [0.15, 0.2) is 24.3 Å². The van der Waals surface area contributed by atoms with Crippen LogP contribution in [0.25, 0.3) is 0 Å². The Hall–Kier alpha value is -2.04. The number of amides is 2. The fourth-order valence-corrected chi connectivity index (χ4v) is 2.79.